The molecule has 2 aliphatic heterocycles. The molecule has 0 aliphatic carbocycles. The molecule has 0 unspecified atom stereocenters. The summed E-state index contributed by atoms with van der Waals surface area (Å²) in [6, 6.07) is 22.9. The van der Waals surface area contributed by atoms with Crippen molar-refractivity contribution < 1.29 is 19.1 Å². The number of nitrogens with zero attached hydrogens (tertiary/aromatic N) is 4. The molecule has 0 spiro atoms. The van der Waals surface area contributed by atoms with Crippen molar-refractivity contribution in [1.29, 1.82) is 0 Å². The number of rotatable bonds is 6. The lowest BCUT2D eigenvalue weighted by Gasteiger charge is -2.17. The summed E-state index contributed by atoms with van der Waals surface area (Å²) in [5, 5.41) is 2.79. The number of carbonyl (C=O) groups is 3. The van der Waals surface area contributed by atoms with Gasteiger partial charge >= 0.3 is 0 Å². The predicted octanol–water partition coefficient (Wildman–Crippen LogP) is 4.25. The second-order valence-electron chi connectivity index (χ2n) is 9.81. The van der Waals surface area contributed by atoms with Crippen LogP contribution in [0.3, 0.4) is 0 Å². The first-order valence-corrected chi connectivity index (χ1v) is 14.4. The second kappa shape index (κ2) is 11.0. The van der Waals surface area contributed by atoms with Crippen LogP contribution >= 0.6 is 24.0 Å². The van der Waals surface area contributed by atoms with Crippen LogP contribution in [-0.4, -0.2) is 45.1 Å². The summed E-state index contributed by atoms with van der Waals surface area (Å²) in [6.45, 7) is 1.46. The van der Waals surface area contributed by atoms with E-state index in [1.165, 1.54) is 14.5 Å². The number of anilines is 3. The molecule has 43 heavy (non-hydrogen) atoms. The van der Waals surface area contributed by atoms with Crippen LogP contribution in [0.4, 0.5) is 17.1 Å². The van der Waals surface area contributed by atoms with Gasteiger partial charge < -0.3 is 10.1 Å². The molecule has 2 aliphatic rings. The second-order valence-corrected chi connectivity index (χ2v) is 11.5. The lowest BCUT2D eigenvalue weighted by molar-refractivity contribution is -0.118. The summed E-state index contributed by atoms with van der Waals surface area (Å²) < 4.78 is 8.43. The SMILES string of the molecule is COc1ccc(NC(=O)CN2C(=O)C(=C3SC(=S)N(c4c(C)n(C)n(-c5ccccc5)c4=O)C3=O)c3ccccc32)cc1. The van der Waals surface area contributed by atoms with Gasteiger partial charge in [0.1, 0.15) is 18.0 Å². The molecule has 3 heterocycles. The number of nitrogens with one attached hydrogen (secondary N) is 1. The topological polar surface area (TPSA) is 106 Å². The van der Waals surface area contributed by atoms with Gasteiger partial charge in [-0.15, -0.1) is 0 Å². The fourth-order valence-electron chi connectivity index (χ4n) is 5.20. The number of thioether (sulfide) groups is 1. The van der Waals surface area contributed by atoms with Gasteiger partial charge in [0.05, 0.1) is 34.7 Å². The zero-order chi connectivity index (χ0) is 30.4. The Kier molecular flexibility index (Phi) is 7.24. The molecule has 4 aromatic rings. The molecule has 0 radical (unpaired) electrons. The van der Waals surface area contributed by atoms with Crippen LogP contribution in [0.2, 0.25) is 0 Å². The van der Waals surface area contributed by atoms with Crippen LogP contribution in [0.5, 0.6) is 5.75 Å². The Bertz CT molecular complexity index is 1910. The van der Waals surface area contributed by atoms with Crippen molar-refractivity contribution in [3.63, 3.8) is 0 Å². The number of methoxy groups -OCH3 is 1. The first-order chi connectivity index (χ1) is 20.7. The molecule has 3 aromatic carbocycles. The van der Waals surface area contributed by atoms with Crippen molar-refractivity contribution in [1.82, 2.24) is 9.36 Å². The highest BCUT2D eigenvalue weighted by atomic mass is 32.2. The van der Waals surface area contributed by atoms with E-state index >= 15 is 0 Å². The van der Waals surface area contributed by atoms with E-state index in [2.05, 4.69) is 5.32 Å². The van der Waals surface area contributed by atoms with Crippen LogP contribution in [-0.2, 0) is 21.4 Å². The summed E-state index contributed by atoms with van der Waals surface area (Å²) in [5.41, 5.74) is 2.58. The summed E-state index contributed by atoms with van der Waals surface area (Å²) >= 11 is 6.57. The summed E-state index contributed by atoms with van der Waals surface area (Å²) in [6.07, 6.45) is 0. The minimum Gasteiger partial charge on any atom is -0.497 e. The molecule has 1 aromatic heterocycles. The summed E-state index contributed by atoms with van der Waals surface area (Å²) in [4.78, 5) is 57.2. The average molecular weight is 612 g/mol. The minimum atomic E-state index is -0.566. The molecule has 10 nitrogen and oxygen atoms in total. The maximum atomic E-state index is 14.0. The Morgan fingerprint density at radius 3 is 2.30 bits per heavy atom. The fraction of sp³-hybridized carbons (Fsp3) is 0.129. The van der Waals surface area contributed by atoms with E-state index in [-0.39, 0.29) is 27.0 Å². The first-order valence-electron chi connectivity index (χ1n) is 13.2. The van der Waals surface area contributed by atoms with E-state index in [4.69, 9.17) is 17.0 Å². The van der Waals surface area contributed by atoms with Gasteiger partial charge in [0.2, 0.25) is 5.91 Å². The van der Waals surface area contributed by atoms with Gasteiger partial charge in [-0.25, -0.2) is 4.68 Å². The lowest BCUT2D eigenvalue weighted by Crippen LogP contribution is -2.36. The third kappa shape index (κ3) is 4.74. The highest BCUT2D eigenvalue weighted by Gasteiger charge is 2.44. The monoisotopic (exact) mass is 611 g/mol. The highest BCUT2D eigenvalue weighted by molar-refractivity contribution is 8.27. The molecule has 0 saturated carbocycles. The number of amides is 3. The van der Waals surface area contributed by atoms with E-state index < -0.39 is 23.3 Å². The van der Waals surface area contributed by atoms with Crippen molar-refractivity contribution in [3.8, 4) is 11.4 Å². The van der Waals surface area contributed by atoms with E-state index in [0.29, 0.717) is 34.1 Å². The minimum absolute atomic E-state index is 0.106. The van der Waals surface area contributed by atoms with E-state index in [9.17, 15) is 19.2 Å². The van der Waals surface area contributed by atoms with E-state index in [1.807, 2.05) is 18.2 Å². The number of carbonyl (C=O) groups excluding carboxylic acids is 3. The maximum absolute atomic E-state index is 14.0. The van der Waals surface area contributed by atoms with Gasteiger partial charge in [-0.05, 0) is 49.4 Å². The molecule has 0 atom stereocenters. The number of aromatic nitrogens is 2. The maximum Gasteiger partial charge on any atom is 0.296 e. The van der Waals surface area contributed by atoms with Crippen molar-refractivity contribution in [2.45, 2.75) is 6.92 Å². The van der Waals surface area contributed by atoms with Gasteiger partial charge in [0, 0.05) is 18.3 Å². The normalized spacial score (nSPS) is 16.2. The van der Waals surface area contributed by atoms with Crippen LogP contribution in [0, 0.1) is 6.92 Å². The van der Waals surface area contributed by atoms with E-state index in [0.717, 1.165) is 11.8 Å². The van der Waals surface area contributed by atoms with Gasteiger partial charge in [0.25, 0.3) is 17.4 Å². The number of benzene rings is 3. The summed E-state index contributed by atoms with van der Waals surface area (Å²) in [7, 11) is 3.28. The number of fused-ring (bicyclic) bond motifs is 1. The van der Waals surface area contributed by atoms with Crippen LogP contribution < -0.4 is 25.4 Å². The van der Waals surface area contributed by atoms with Gasteiger partial charge in [-0.1, -0.05) is 60.4 Å². The van der Waals surface area contributed by atoms with E-state index in [1.54, 1.807) is 86.4 Å². The number of ether oxygens (including phenoxy) is 1. The van der Waals surface area contributed by atoms with Crippen molar-refractivity contribution in [2.24, 2.45) is 7.05 Å². The molecular formula is C31H25N5O5S2. The lowest BCUT2D eigenvalue weighted by atomic mass is 10.1. The molecule has 0 bridgehead atoms. The van der Waals surface area contributed by atoms with Crippen LogP contribution in [0.15, 0.2) is 88.6 Å². The standard InChI is InChI=1S/C31H25N5O5S2/c1-18-26(29(39)36(33(18)2)20-9-5-4-6-10-20)35-30(40)27(43-31(35)42)25-22-11-7-8-12-23(22)34(28(25)38)17-24(37)32-19-13-15-21(41-3)16-14-19/h4-16H,17H2,1-3H3,(H,32,37). The number of thiocarbonyl (C=S) groups is 1. The molecule has 12 heteroatoms. The van der Waals surface area contributed by atoms with Crippen molar-refractivity contribution in [3.05, 3.63) is 105 Å². The Morgan fingerprint density at radius 1 is 0.930 bits per heavy atom. The quantitative estimate of drug-likeness (QED) is 0.257. The Morgan fingerprint density at radius 2 is 1.60 bits per heavy atom. The van der Waals surface area contributed by atoms with Gasteiger partial charge in [-0.3, -0.25) is 33.7 Å². The molecule has 6 rings (SSSR count). The Labute approximate surface area is 256 Å². The number of hydrogen-bond donors (Lipinski definition) is 1. The predicted molar refractivity (Wildman–Crippen MR) is 171 cm³/mol. The Hall–Kier alpha value is -4.94. The first kappa shape index (κ1) is 28.2. The third-order valence-electron chi connectivity index (χ3n) is 7.34. The molecule has 3 amide bonds. The average Bonchev–Trinajstić information content (AvgIpc) is 3.53. The number of para-hydroxylation sites is 2. The van der Waals surface area contributed by atoms with Gasteiger partial charge in [-0.2, -0.15) is 0 Å². The number of hydrogen-bond acceptors (Lipinski definition) is 7. The fourth-order valence-corrected chi connectivity index (χ4v) is 6.54. The smallest absolute Gasteiger partial charge is 0.296 e. The van der Waals surface area contributed by atoms with Crippen LogP contribution in [0.1, 0.15) is 11.3 Å². The molecule has 216 valence electrons. The third-order valence-corrected chi connectivity index (χ3v) is 8.72. The van der Waals surface area contributed by atoms with Crippen LogP contribution in [0.25, 0.3) is 11.3 Å². The van der Waals surface area contributed by atoms with Crippen molar-refractivity contribution in [2.75, 3.05) is 28.8 Å². The Balaban J connectivity index is 1.34. The molecule has 1 fully saturated rings. The zero-order valence-electron chi connectivity index (χ0n) is 23.4. The zero-order valence-corrected chi connectivity index (χ0v) is 25.0. The molecule has 1 saturated heterocycles. The largest absolute Gasteiger partial charge is 0.497 e. The highest BCUT2D eigenvalue weighted by Crippen LogP contribution is 2.45. The molecular weight excluding hydrogens is 587 g/mol. The molecule has 1 N–H and O–H groups in total. The van der Waals surface area contributed by atoms with Gasteiger partial charge in [0.15, 0.2) is 4.32 Å². The van der Waals surface area contributed by atoms with Crippen molar-refractivity contribution >= 4 is 68.7 Å². The summed E-state index contributed by atoms with van der Waals surface area (Å²) in [5.74, 6) is -0.835.